The molecule has 0 saturated carbocycles. The lowest BCUT2D eigenvalue weighted by Crippen LogP contribution is -2.66. The van der Waals surface area contributed by atoms with Gasteiger partial charge in [0.1, 0.15) is 12.1 Å². The van der Waals surface area contributed by atoms with Crippen molar-refractivity contribution in [3.8, 4) is 0 Å². The van der Waals surface area contributed by atoms with Gasteiger partial charge in [-0.2, -0.15) is 0 Å². The molecule has 3 aliphatic heterocycles. The molecule has 2 atom stereocenters. The second kappa shape index (κ2) is 9.86. The highest BCUT2D eigenvalue weighted by molar-refractivity contribution is 5.87. The SMILES string of the molecule is CCCN1CCC(NC(=O)C2CNCC3C(=O)OC(c4ccccc4)(c4ccccc4)N23)CC1. The Labute approximate surface area is 201 Å². The Balaban J connectivity index is 1.46. The van der Waals surface area contributed by atoms with Crippen LogP contribution in [0.25, 0.3) is 0 Å². The number of carbonyl (C=O) groups is 2. The average molecular weight is 463 g/mol. The third-order valence-corrected chi connectivity index (χ3v) is 7.34. The summed E-state index contributed by atoms with van der Waals surface area (Å²) < 4.78 is 6.24. The summed E-state index contributed by atoms with van der Waals surface area (Å²) in [6.45, 7) is 6.25. The molecule has 0 spiro atoms. The molecule has 0 bridgehead atoms. The minimum absolute atomic E-state index is 0.0410. The highest BCUT2D eigenvalue weighted by atomic mass is 16.6. The maximum Gasteiger partial charge on any atom is 0.327 e. The van der Waals surface area contributed by atoms with Crippen LogP contribution in [0.15, 0.2) is 60.7 Å². The minimum atomic E-state index is -1.14. The van der Waals surface area contributed by atoms with E-state index in [1.807, 2.05) is 65.6 Å². The van der Waals surface area contributed by atoms with Crippen molar-refractivity contribution in [1.29, 1.82) is 0 Å². The molecule has 3 heterocycles. The predicted molar refractivity (Wildman–Crippen MR) is 130 cm³/mol. The van der Waals surface area contributed by atoms with Gasteiger partial charge in [0, 0.05) is 43.3 Å². The number of esters is 1. The Morgan fingerprint density at radius 3 is 2.24 bits per heavy atom. The molecule has 3 aliphatic rings. The van der Waals surface area contributed by atoms with Gasteiger partial charge in [0.2, 0.25) is 11.6 Å². The van der Waals surface area contributed by atoms with Crippen LogP contribution in [-0.4, -0.2) is 72.5 Å². The van der Waals surface area contributed by atoms with Crippen LogP contribution in [0.4, 0.5) is 0 Å². The summed E-state index contributed by atoms with van der Waals surface area (Å²) >= 11 is 0. The fourth-order valence-electron chi connectivity index (χ4n) is 5.72. The molecule has 2 unspecified atom stereocenters. The molecule has 2 aromatic carbocycles. The van der Waals surface area contributed by atoms with Crippen molar-refractivity contribution in [2.75, 3.05) is 32.7 Å². The van der Waals surface area contributed by atoms with Crippen LogP contribution in [0.2, 0.25) is 0 Å². The molecule has 0 radical (unpaired) electrons. The number of amides is 1. The van der Waals surface area contributed by atoms with Gasteiger partial charge in [-0.15, -0.1) is 0 Å². The number of benzene rings is 2. The first kappa shape index (κ1) is 23.0. The Morgan fingerprint density at radius 1 is 1.03 bits per heavy atom. The lowest BCUT2D eigenvalue weighted by Gasteiger charge is -2.45. The van der Waals surface area contributed by atoms with Crippen LogP contribution in [0.5, 0.6) is 0 Å². The number of nitrogens with zero attached hydrogens (tertiary/aromatic N) is 2. The summed E-state index contributed by atoms with van der Waals surface area (Å²) in [7, 11) is 0. The third-order valence-electron chi connectivity index (χ3n) is 7.34. The Hall–Kier alpha value is -2.74. The lowest BCUT2D eigenvalue weighted by atomic mass is 9.89. The Morgan fingerprint density at radius 2 is 1.65 bits per heavy atom. The molecular formula is C27H34N4O3. The van der Waals surface area contributed by atoms with Crippen LogP contribution in [-0.2, 0) is 20.1 Å². The third kappa shape index (κ3) is 4.13. The molecule has 7 heteroatoms. The fraction of sp³-hybridized carbons (Fsp3) is 0.481. The van der Waals surface area contributed by atoms with Crippen LogP contribution in [0, 0.1) is 0 Å². The first-order chi connectivity index (χ1) is 16.6. The molecular weight excluding hydrogens is 428 g/mol. The first-order valence-corrected chi connectivity index (χ1v) is 12.5. The van der Waals surface area contributed by atoms with Crippen molar-refractivity contribution in [3.63, 3.8) is 0 Å². The smallest absolute Gasteiger partial charge is 0.327 e. The van der Waals surface area contributed by atoms with E-state index in [9.17, 15) is 9.59 Å². The predicted octanol–water partition coefficient (Wildman–Crippen LogP) is 2.08. The molecule has 0 aliphatic carbocycles. The van der Waals surface area contributed by atoms with Crippen molar-refractivity contribution in [2.24, 2.45) is 0 Å². The standard InChI is InChI=1S/C27H34N4O3/c1-2-15-30-16-13-22(14-17-30)29-25(32)23-18-28-19-24-26(33)34-27(31(23)24,20-9-5-3-6-10-20)21-11-7-4-8-12-21/h3-12,22-24,28H,2,13-19H2,1H3,(H,29,32). The number of hydrogen-bond donors (Lipinski definition) is 2. The Bertz CT molecular complexity index is 952. The highest BCUT2D eigenvalue weighted by Gasteiger charge is 2.60. The van der Waals surface area contributed by atoms with E-state index in [1.54, 1.807) is 0 Å². The van der Waals surface area contributed by atoms with E-state index >= 15 is 0 Å². The number of fused-ring (bicyclic) bond motifs is 1. The minimum Gasteiger partial charge on any atom is -0.434 e. The molecule has 180 valence electrons. The summed E-state index contributed by atoms with van der Waals surface area (Å²) in [4.78, 5) is 31.4. The van der Waals surface area contributed by atoms with Crippen LogP contribution >= 0.6 is 0 Å². The number of hydrogen-bond acceptors (Lipinski definition) is 6. The number of rotatable bonds is 6. The quantitative estimate of drug-likeness (QED) is 0.641. The van der Waals surface area contributed by atoms with Gasteiger partial charge in [-0.3, -0.25) is 9.59 Å². The molecule has 5 rings (SSSR count). The first-order valence-electron chi connectivity index (χ1n) is 12.5. The molecule has 7 nitrogen and oxygen atoms in total. The largest absolute Gasteiger partial charge is 0.434 e. The van der Waals surface area contributed by atoms with E-state index in [2.05, 4.69) is 22.5 Å². The zero-order valence-electron chi connectivity index (χ0n) is 19.8. The molecule has 0 aromatic heterocycles. The van der Waals surface area contributed by atoms with E-state index in [1.165, 1.54) is 0 Å². The zero-order valence-corrected chi connectivity index (χ0v) is 19.8. The van der Waals surface area contributed by atoms with E-state index < -0.39 is 17.8 Å². The van der Waals surface area contributed by atoms with Gasteiger partial charge in [0.05, 0.1) is 0 Å². The summed E-state index contributed by atoms with van der Waals surface area (Å²) in [5.41, 5.74) is 0.563. The van der Waals surface area contributed by atoms with Gasteiger partial charge < -0.3 is 20.3 Å². The number of piperidine rings is 1. The van der Waals surface area contributed by atoms with Gasteiger partial charge in [0.15, 0.2) is 0 Å². The van der Waals surface area contributed by atoms with Gasteiger partial charge in [0.25, 0.3) is 0 Å². The number of nitrogens with one attached hydrogen (secondary N) is 2. The topological polar surface area (TPSA) is 73.9 Å². The van der Waals surface area contributed by atoms with Crippen molar-refractivity contribution < 1.29 is 14.3 Å². The van der Waals surface area contributed by atoms with E-state index in [4.69, 9.17) is 4.74 Å². The molecule has 3 fully saturated rings. The number of ether oxygens (including phenoxy) is 1. The summed E-state index contributed by atoms with van der Waals surface area (Å²) in [5, 5.41) is 6.61. The molecule has 3 saturated heterocycles. The number of piperazine rings is 1. The monoisotopic (exact) mass is 462 g/mol. The average Bonchev–Trinajstić information content (AvgIpc) is 3.20. The van der Waals surface area contributed by atoms with Crippen molar-refractivity contribution >= 4 is 11.9 Å². The molecule has 34 heavy (non-hydrogen) atoms. The lowest BCUT2D eigenvalue weighted by molar-refractivity contribution is -0.153. The number of carbonyl (C=O) groups excluding carboxylic acids is 2. The van der Waals surface area contributed by atoms with Gasteiger partial charge in [-0.25, -0.2) is 4.90 Å². The van der Waals surface area contributed by atoms with E-state index in [0.717, 1.165) is 50.0 Å². The normalized spacial score (nSPS) is 25.5. The maximum absolute atomic E-state index is 13.7. The Kier molecular flexibility index (Phi) is 6.68. The number of likely N-dealkylation sites (tertiary alicyclic amines) is 1. The molecule has 2 N–H and O–H groups in total. The zero-order chi connectivity index (χ0) is 23.5. The van der Waals surface area contributed by atoms with Crippen molar-refractivity contribution in [1.82, 2.24) is 20.4 Å². The number of cyclic esters (lactones) is 1. The van der Waals surface area contributed by atoms with Gasteiger partial charge in [-0.05, 0) is 25.8 Å². The van der Waals surface area contributed by atoms with Gasteiger partial charge >= 0.3 is 5.97 Å². The van der Waals surface area contributed by atoms with Crippen molar-refractivity contribution in [2.45, 2.75) is 50.0 Å². The second-order valence-corrected chi connectivity index (χ2v) is 9.52. The molecule has 2 aromatic rings. The van der Waals surface area contributed by atoms with Crippen LogP contribution < -0.4 is 10.6 Å². The van der Waals surface area contributed by atoms with E-state index in [-0.39, 0.29) is 17.9 Å². The summed E-state index contributed by atoms with van der Waals surface area (Å²) in [6.07, 6.45) is 3.05. The summed E-state index contributed by atoms with van der Waals surface area (Å²) in [6, 6.07) is 18.7. The summed E-state index contributed by atoms with van der Waals surface area (Å²) in [5.74, 6) is -0.341. The van der Waals surface area contributed by atoms with E-state index in [0.29, 0.717) is 13.1 Å². The second-order valence-electron chi connectivity index (χ2n) is 9.52. The highest BCUT2D eigenvalue weighted by Crippen LogP contribution is 2.45. The molecule has 1 amide bonds. The van der Waals surface area contributed by atoms with Crippen LogP contribution in [0.3, 0.4) is 0 Å². The maximum atomic E-state index is 13.7. The van der Waals surface area contributed by atoms with Crippen molar-refractivity contribution in [3.05, 3.63) is 71.8 Å². The fourth-order valence-corrected chi connectivity index (χ4v) is 5.72. The van der Waals surface area contributed by atoms with Crippen LogP contribution in [0.1, 0.15) is 37.3 Å². The van der Waals surface area contributed by atoms with Gasteiger partial charge in [-0.1, -0.05) is 67.6 Å².